The van der Waals surface area contributed by atoms with Crippen molar-refractivity contribution in [2.75, 3.05) is 44.8 Å². The summed E-state index contributed by atoms with van der Waals surface area (Å²) >= 11 is 6.38. The normalized spacial score (nSPS) is 25.6. The number of rotatable bonds is 5. The number of halogens is 1. The van der Waals surface area contributed by atoms with Crippen molar-refractivity contribution in [1.29, 1.82) is 0 Å². The number of fused-ring (bicyclic) bond motifs is 3. The first-order valence-corrected chi connectivity index (χ1v) is 10.9. The number of carbonyl (C=O) groups excluding carboxylic acids is 1. The molecule has 0 radical (unpaired) electrons. The first kappa shape index (κ1) is 20.4. The van der Waals surface area contributed by atoms with Crippen molar-refractivity contribution in [2.45, 2.75) is 32.2 Å². The molecule has 29 heavy (non-hydrogen) atoms. The maximum Gasteiger partial charge on any atom is 0.260 e. The second-order valence-electron chi connectivity index (χ2n) is 8.63. The van der Waals surface area contributed by atoms with Crippen LogP contribution < -0.4 is 4.90 Å². The fourth-order valence-corrected chi connectivity index (χ4v) is 5.19. The standard InChI is InChI=1S/C24H30ClN2O2/c1-4-29-14-13-27(3)12-11-23-20(16-27)19-15-17(2)9-10-22(19)26(23)24(28)18-7-5-6-8-21(18)25/h5-10,15,20,23H,4,11-14,16H2,1-3H3/q+1/t20-,23-,27?/m0/s1. The van der Waals surface area contributed by atoms with E-state index in [1.165, 1.54) is 11.1 Å². The minimum atomic E-state index is 0.0126. The molecular weight excluding hydrogens is 384 g/mol. The van der Waals surface area contributed by atoms with E-state index in [1.54, 1.807) is 6.07 Å². The lowest BCUT2D eigenvalue weighted by Gasteiger charge is -2.44. The van der Waals surface area contributed by atoms with Gasteiger partial charge in [0.2, 0.25) is 0 Å². The van der Waals surface area contributed by atoms with Gasteiger partial charge in [-0.05, 0) is 37.6 Å². The molecule has 4 nitrogen and oxygen atoms in total. The molecule has 1 unspecified atom stereocenters. The van der Waals surface area contributed by atoms with E-state index in [1.807, 2.05) is 30.0 Å². The summed E-state index contributed by atoms with van der Waals surface area (Å²) in [4.78, 5) is 15.6. The molecule has 2 heterocycles. The van der Waals surface area contributed by atoms with Gasteiger partial charge < -0.3 is 14.1 Å². The zero-order valence-electron chi connectivity index (χ0n) is 17.5. The number of carbonyl (C=O) groups is 1. The molecule has 4 rings (SSSR count). The fourth-order valence-electron chi connectivity index (χ4n) is 4.97. The van der Waals surface area contributed by atoms with Gasteiger partial charge in [-0.3, -0.25) is 4.79 Å². The Morgan fingerprint density at radius 1 is 1.28 bits per heavy atom. The number of aryl methyl sites for hydroxylation is 1. The number of benzene rings is 2. The summed E-state index contributed by atoms with van der Waals surface area (Å²) in [5, 5.41) is 0.516. The molecular formula is C24H30ClN2O2+. The highest BCUT2D eigenvalue weighted by atomic mass is 35.5. The first-order valence-electron chi connectivity index (χ1n) is 10.5. The van der Waals surface area contributed by atoms with Crippen LogP contribution in [0.5, 0.6) is 0 Å². The van der Waals surface area contributed by atoms with Crippen molar-refractivity contribution in [3.8, 4) is 0 Å². The maximum absolute atomic E-state index is 13.6. The van der Waals surface area contributed by atoms with E-state index in [2.05, 4.69) is 32.2 Å². The third-order valence-electron chi connectivity index (χ3n) is 6.54. The highest BCUT2D eigenvalue weighted by Gasteiger charge is 2.49. The number of likely N-dealkylation sites (N-methyl/N-ethyl adjacent to an activating group) is 1. The van der Waals surface area contributed by atoms with E-state index in [0.717, 1.165) is 49.4 Å². The second kappa shape index (κ2) is 8.10. The third kappa shape index (κ3) is 3.81. The lowest BCUT2D eigenvalue weighted by atomic mass is 9.87. The Labute approximate surface area is 178 Å². The molecule has 2 aromatic rings. The van der Waals surface area contributed by atoms with Crippen molar-refractivity contribution in [3.05, 3.63) is 64.2 Å². The van der Waals surface area contributed by atoms with Gasteiger partial charge in [-0.25, -0.2) is 0 Å². The summed E-state index contributed by atoms with van der Waals surface area (Å²) < 4.78 is 6.63. The van der Waals surface area contributed by atoms with E-state index < -0.39 is 0 Å². The number of amides is 1. The molecule has 0 saturated carbocycles. The maximum atomic E-state index is 13.6. The molecule has 1 fully saturated rings. The van der Waals surface area contributed by atoms with Gasteiger partial charge in [-0.1, -0.05) is 41.4 Å². The molecule has 0 aromatic heterocycles. The van der Waals surface area contributed by atoms with Gasteiger partial charge in [0.25, 0.3) is 5.91 Å². The van der Waals surface area contributed by atoms with Crippen LogP contribution >= 0.6 is 11.6 Å². The average Bonchev–Trinajstić information content (AvgIpc) is 3.00. The molecule has 3 atom stereocenters. The van der Waals surface area contributed by atoms with E-state index in [4.69, 9.17) is 16.3 Å². The Kier molecular flexibility index (Phi) is 5.69. The number of likely N-dealkylation sites (tertiary alicyclic amines) is 1. The van der Waals surface area contributed by atoms with Crippen molar-refractivity contribution in [1.82, 2.24) is 0 Å². The van der Waals surface area contributed by atoms with Crippen LogP contribution in [0.2, 0.25) is 5.02 Å². The molecule has 0 spiro atoms. The van der Waals surface area contributed by atoms with Crippen LogP contribution in [0, 0.1) is 6.92 Å². The Balaban J connectivity index is 1.68. The van der Waals surface area contributed by atoms with Crippen molar-refractivity contribution < 1.29 is 14.0 Å². The van der Waals surface area contributed by atoms with Crippen LogP contribution in [0.25, 0.3) is 0 Å². The Bertz CT molecular complexity index is 916. The summed E-state index contributed by atoms with van der Waals surface area (Å²) in [5.41, 5.74) is 4.17. The summed E-state index contributed by atoms with van der Waals surface area (Å²) in [6.45, 7) is 8.80. The number of nitrogens with zero attached hydrogens (tertiary/aromatic N) is 2. The summed E-state index contributed by atoms with van der Waals surface area (Å²) in [6, 6.07) is 14.0. The largest absolute Gasteiger partial charge is 0.376 e. The minimum absolute atomic E-state index is 0.0126. The lowest BCUT2D eigenvalue weighted by Crippen LogP contribution is -2.57. The van der Waals surface area contributed by atoms with Gasteiger partial charge in [0.05, 0.1) is 49.3 Å². The van der Waals surface area contributed by atoms with E-state index in [-0.39, 0.29) is 11.9 Å². The van der Waals surface area contributed by atoms with E-state index >= 15 is 0 Å². The van der Waals surface area contributed by atoms with Crippen molar-refractivity contribution in [2.24, 2.45) is 0 Å². The monoisotopic (exact) mass is 413 g/mol. The van der Waals surface area contributed by atoms with Crippen LogP contribution in [0.15, 0.2) is 42.5 Å². The number of hydrogen-bond donors (Lipinski definition) is 0. The molecule has 2 aliphatic rings. The molecule has 5 heteroatoms. The SMILES string of the molecule is CCOCC[N+]1(C)CC[C@H]2[C@@H](C1)c1cc(C)ccc1N2C(=O)c1ccccc1Cl. The van der Waals surface area contributed by atoms with Crippen LogP contribution in [-0.2, 0) is 4.74 Å². The van der Waals surface area contributed by atoms with Crippen LogP contribution in [-0.4, -0.2) is 56.3 Å². The number of anilines is 1. The highest BCUT2D eigenvalue weighted by molar-refractivity contribution is 6.34. The van der Waals surface area contributed by atoms with Crippen molar-refractivity contribution in [3.63, 3.8) is 0 Å². The first-order chi connectivity index (χ1) is 13.9. The van der Waals surface area contributed by atoms with Gasteiger partial charge in [-0.2, -0.15) is 0 Å². The fraction of sp³-hybridized carbons (Fsp3) is 0.458. The molecule has 154 valence electrons. The van der Waals surface area contributed by atoms with Gasteiger partial charge in [-0.15, -0.1) is 0 Å². The molecule has 0 N–H and O–H groups in total. The molecule has 1 saturated heterocycles. The molecule has 0 aliphatic carbocycles. The van der Waals surface area contributed by atoms with E-state index in [0.29, 0.717) is 16.5 Å². The zero-order valence-corrected chi connectivity index (χ0v) is 18.3. The number of ether oxygens (including phenoxy) is 1. The highest BCUT2D eigenvalue weighted by Crippen LogP contribution is 2.47. The van der Waals surface area contributed by atoms with Gasteiger partial charge in [0.15, 0.2) is 0 Å². The van der Waals surface area contributed by atoms with Crippen LogP contribution in [0.3, 0.4) is 0 Å². The third-order valence-corrected chi connectivity index (χ3v) is 6.87. The molecule has 1 amide bonds. The lowest BCUT2D eigenvalue weighted by molar-refractivity contribution is -0.915. The minimum Gasteiger partial charge on any atom is -0.376 e. The predicted octanol–water partition coefficient (Wildman–Crippen LogP) is 4.65. The van der Waals surface area contributed by atoms with Crippen LogP contribution in [0.4, 0.5) is 5.69 Å². The van der Waals surface area contributed by atoms with E-state index in [9.17, 15) is 4.79 Å². The van der Waals surface area contributed by atoms with Gasteiger partial charge >= 0.3 is 0 Å². The summed E-state index contributed by atoms with van der Waals surface area (Å²) in [6.07, 6.45) is 0.983. The van der Waals surface area contributed by atoms with Crippen LogP contribution in [0.1, 0.15) is 40.7 Å². The molecule has 2 aromatic carbocycles. The average molecular weight is 414 g/mol. The summed E-state index contributed by atoms with van der Waals surface area (Å²) in [5.74, 6) is 0.357. The number of quaternary nitrogens is 1. The topological polar surface area (TPSA) is 29.5 Å². The predicted molar refractivity (Wildman–Crippen MR) is 118 cm³/mol. The zero-order chi connectivity index (χ0) is 20.6. The number of piperidine rings is 1. The van der Waals surface area contributed by atoms with Crippen molar-refractivity contribution >= 4 is 23.2 Å². The second-order valence-corrected chi connectivity index (χ2v) is 9.03. The van der Waals surface area contributed by atoms with Gasteiger partial charge in [0, 0.05) is 18.7 Å². The summed E-state index contributed by atoms with van der Waals surface area (Å²) in [7, 11) is 2.32. The smallest absolute Gasteiger partial charge is 0.260 e. The number of hydrogen-bond acceptors (Lipinski definition) is 2. The molecule has 2 aliphatic heterocycles. The Morgan fingerprint density at radius 3 is 2.83 bits per heavy atom. The Morgan fingerprint density at radius 2 is 2.07 bits per heavy atom. The Hall–Kier alpha value is -1.88. The quantitative estimate of drug-likeness (QED) is 0.527. The van der Waals surface area contributed by atoms with Gasteiger partial charge in [0.1, 0.15) is 6.54 Å². The molecule has 0 bridgehead atoms.